The Bertz CT molecular complexity index is 414. The molecule has 1 unspecified atom stereocenters. The van der Waals surface area contributed by atoms with Crippen LogP contribution in [0.25, 0.3) is 0 Å². The maximum absolute atomic E-state index is 11.8. The van der Waals surface area contributed by atoms with Crippen molar-refractivity contribution in [3.8, 4) is 0 Å². The number of ether oxygens (including phenoxy) is 1. The molecule has 0 radical (unpaired) electrons. The van der Waals surface area contributed by atoms with Crippen molar-refractivity contribution < 1.29 is 14.1 Å². The smallest absolute Gasteiger partial charge is 0.234 e. The second-order valence-corrected chi connectivity index (χ2v) is 5.89. The van der Waals surface area contributed by atoms with Crippen LogP contribution in [0.4, 0.5) is 0 Å². The fourth-order valence-electron chi connectivity index (χ4n) is 1.85. The maximum atomic E-state index is 11.8. The first-order valence-electron chi connectivity index (χ1n) is 6.37. The molecule has 1 saturated heterocycles. The van der Waals surface area contributed by atoms with Crippen LogP contribution < -0.4 is 0 Å². The van der Waals surface area contributed by atoms with Gasteiger partial charge in [-0.3, -0.25) is 4.79 Å². The predicted octanol–water partition coefficient (Wildman–Crippen LogP) is 1.81. The quantitative estimate of drug-likeness (QED) is 0.817. The minimum Gasteiger partial charge on any atom is -0.381 e. The molecular formula is C13H20N2O3. The summed E-state index contributed by atoms with van der Waals surface area (Å²) in [6, 6.07) is 0. The van der Waals surface area contributed by atoms with Gasteiger partial charge in [-0.05, 0) is 12.3 Å². The number of aromatic nitrogens is 2. The van der Waals surface area contributed by atoms with Crippen molar-refractivity contribution in [2.24, 2.45) is 11.3 Å². The minimum atomic E-state index is -0.367. The maximum Gasteiger partial charge on any atom is 0.234 e. The van der Waals surface area contributed by atoms with Crippen LogP contribution in [-0.4, -0.2) is 29.1 Å². The number of rotatable bonds is 4. The second-order valence-electron chi connectivity index (χ2n) is 5.89. The first-order valence-corrected chi connectivity index (χ1v) is 6.37. The first-order chi connectivity index (χ1) is 8.45. The van der Waals surface area contributed by atoms with Crippen LogP contribution >= 0.6 is 0 Å². The van der Waals surface area contributed by atoms with Crippen molar-refractivity contribution in [1.29, 1.82) is 0 Å². The number of ketones is 1. The molecular weight excluding hydrogens is 232 g/mol. The number of Topliss-reactive ketones (excluding diaryl/α,β-unsaturated/α-hetero) is 1. The van der Waals surface area contributed by atoms with Gasteiger partial charge >= 0.3 is 0 Å². The fourth-order valence-corrected chi connectivity index (χ4v) is 1.85. The lowest BCUT2D eigenvalue weighted by Gasteiger charge is -2.14. The van der Waals surface area contributed by atoms with Gasteiger partial charge in [-0.1, -0.05) is 25.9 Å². The molecule has 0 spiro atoms. The highest BCUT2D eigenvalue weighted by atomic mass is 16.5. The molecule has 0 saturated carbocycles. The van der Waals surface area contributed by atoms with Crippen molar-refractivity contribution in [1.82, 2.24) is 10.1 Å². The van der Waals surface area contributed by atoms with Gasteiger partial charge in [-0.25, -0.2) is 0 Å². The van der Waals surface area contributed by atoms with Gasteiger partial charge in [0.1, 0.15) is 5.78 Å². The minimum absolute atomic E-state index is 0.113. The average Bonchev–Trinajstić information content (AvgIpc) is 2.89. The molecule has 0 amide bonds. The van der Waals surface area contributed by atoms with E-state index in [1.54, 1.807) is 0 Å². The number of nitrogens with zero attached hydrogens (tertiary/aromatic N) is 2. The third kappa shape index (κ3) is 3.38. The van der Waals surface area contributed by atoms with E-state index < -0.39 is 0 Å². The largest absolute Gasteiger partial charge is 0.381 e. The van der Waals surface area contributed by atoms with Gasteiger partial charge in [0.25, 0.3) is 0 Å². The summed E-state index contributed by atoms with van der Waals surface area (Å²) < 4.78 is 10.4. The van der Waals surface area contributed by atoms with E-state index in [-0.39, 0.29) is 17.6 Å². The lowest BCUT2D eigenvalue weighted by atomic mass is 9.89. The zero-order valence-electron chi connectivity index (χ0n) is 11.2. The first kappa shape index (κ1) is 13.2. The highest BCUT2D eigenvalue weighted by Gasteiger charge is 2.24. The Balaban J connectivity index is 1.91. The van der Waals surface area contributed by atoms with Crippen LogP contribution in [-0.2, 0) is 22.4 Å². The van der Waals surface area contributed by atoms with Gasteiger partial charge in [0.2, 0.25) is 5.89 Å². The van der Waals surface area contributed by atoms with E-state index in [1.807, 2.05) is 20.8 Å². The van der Waals surface area contributed by atoms with Crippen LogP contribution in [0.1, 0.15) is 38.9 Å². The Morgan fingerprint density at radius 2 is 2.22 bits per heavy atom. The van der Waals surface area contributed by atoms with Gasteiger partial charge in [-0.2, -0.15) is 4.98 Å². The van der Waals surface area contributed by atoms with Crippen LogP contribution in [0.15, 0.2) is 4.52 Å². The molecule has 1 aliphatic heterocycles. The van der Waals surface area contributed by atoms with Gasteiger partial charge in [0.05, 0.1) is 6.42 Å². The number of hydrogen-bond acceptors (Lipinski definition) is 5. The summed E-state index contributed by atoms with van der Waals surface area (Å²) in [6.07, 6.45) is 2.04. The standard InChI is InChI=1S/C13H20N2O3/c1-13(2,3)10(16)7-12-14-11(15-18-12)6-9-4-5-17-8-9/h9H,4-8H2,1-3H3. The van der Waals surface area contributed by atoms with Crippen LogP contribution in [0.5, 0.6) is 0 Å². The summed E-state index contributed by atoms with van der Waals surface area (Å²) in [4.78, 5) is 16.1. The summed E-state index contributed by atoms with van der Waals surface area (Å²) >= 11 is 0. The van der Waals surface area contributed by atoms with Crippen molar-refractivity contribution >= 4 is 5.78 Å². The Labute approximate surface area is 107 Å². The van der Waals surface area contributed by atoms with Gasteiger partial charge in [0.15, 0.2) is 5.82 Å². The van der Waals surface area contributed by atoms with E-state index in [9.17, 15) is 4.79 Å². The molecule has 0 bridgehead atoms. The monoisotopic (exact) mass is 252 g/mol. The fraction of sp³-hybridized carbons (Fsp3) is 0.769. The summed E-state index contributed by atoms with van der Waals surface area (Å²) in [5.41, 5.74) is -0.367. The molecule has 1 fully saturated rings. The van der Waals surface area contributed by atoms with E-state index in [0.29, 0.717) is 17.6 Å². The Morgan fingerprint density at radius 3 is 2.83 bits per heavy atom. The van der Waals surface area contributed by atoms with Crippen LogP contribution in [0, 0.1) is 11.3 Å². The van der Waals surface area contributed by atoms with Crippen LogP contribution in [0.2, 0.25) is 0 Å². The Kier molecular flexibility index (Phi) is 3.80. The summed E-state index contributed by atoms with van der Waals surface area (Å²) in [5.74, 6) is 1.70. The molecule has 0 N–H and O–H groups in total. The van der Waals surface area contributed by atoms with E-state index >= 15 is 0 Å². The van der Waals surface area contributed by atoms with Crippen LogP contribution in [0.3, 0.4) is 0 Å². The number of carbonyl (C=O) groups is 1. The van der Waals surface area contributed by atoms with Crippen molar-refractivity contribution in [3.63, 3.8) is 0 Å². The van der Waals surface area contributed by atoms with E-state index in [4.69, 9.17) is 9.26 Å². The topological polar surface area (TPSA) is 65.2 Å². The molecule has 1 aromatic heterocycles. The number of carbonyl (C=O) groups excluding carboxylic acids is 1. The Morgan fingerprint density at radius 1 is 1.44 bits per heavy atom. The number of hydrogen-bond donors (Lipinski definition) is 0. The third-order valence-corrected chi connectivity index (χ3v) is 3.15. The van der Waals surface area contributed by atoms with Gasteiger partial charge in [-0.15, -0.1) is 0 Å². The third-order valence-electron chi connectivity index (χ3n) is 3.15. The molecule has 0 aromatic carbocycles. The lowest BCUT2D eigenvalue weighted by Crippen LogP contribution is -2.22. The van der Waals surface area contributed by atoms with E-state index in [1.165, 1.54) is 0 Å². The SMILES string of the molecule is CC(C)(C)C(=O)Cc1nc(CC2CCOC2)no1. The van der Waals surface area contributed by atoms with Crippen molar-refractivity contribution in [2.75, 3.05) is 13.2 Å². The zero-order valence-corrected chi connectivity index (χ0v) is 11.2. The molecule has 1 atom stereocenters. The van der Waals surface area contributed by atoms with Gasteiger partial charge < -0.3 is 9.26 Å². The molecule has 5 nitrogen and oxygen atoms in total. The summed E-state index contributed by atoms with van der Waals surface area (Å²) in [7, 11) is 0. The molecule has 5 heteroatoms. The zero-order chi connectivity index (χ0) is 13.2. The molecule has 2 rings (SSSR count). The molecule has 1 aromatic rings. The Hall–Kier alpha value is -1.23. The second kappa shape index (κ2) is 5.18. The van der Waals surface area contributed by atoms with Crippen molar-refractivity contribution in [2.45, 2.75) is 40.0 Å². The molecule has 2 heterocycles. The molecule has 18 heavy (non-hydrogen) atoms. The molecule has 100 valence electrons. The highest BCUT2D eigenvalue weighted by Crippen LogP contribution is 2.19. The van der Waals surface area contributed by atoms with E-state index in [0.717, 1.165) is 26.1 Å². The normalized spacial score (nSPS) is 20.3. The summed E-state index contributed by atoms with van der Waals surface area (Å²) in [6.45, 7) is 7.26. The predicted molar refractivity (Wildman–Crippen MR) is 65.1 cm³/mol. The molecule has 0 aliphatic carbocycles. The lowest BCUT2D eigenvalue weighted by molar-refractivity contribution is -0.125. The van der Waals surface area contributed by atoms with E-state index in [2.05, 4.69) is 10.1 Å². The van der Waals surface area contributed by atoms with Crippen molar-refractivity contribution in [3.05, 3.63) is 11.7 Å². The average molecular weight is 252 g/mol. The van der Waals surface area contributed by atoms with Gasteiger partial charge in [0, 0.05) is 25.0 Å². The highest BCUT2D eigenvalue weighted by molar-refractivity contribution is 5.84. The molecule has 1 aliphatic rings. The summed E-state index contributed by atoms with van der Waals surface area (Å²) in [5, 5.41) is 3.92.